The van der Waals surface area contributed by atoms with Crippen molar-refractivity contribution in [3.8, 4) is 11.6 Å². The van der Waals surface area contributed by atoms with Crippen LogP contribution in [0.5, 0.6) is 11.6 Å². The van der Waals surface area contributed by atoms with Gasteiger partial charge in [0.1, 0.15) is 5.75 Å². The van der Waals surface area contributed by atoms with Crippen LogP contribution in [0.3, 0.4) is 0 Å². The maximum absolute atomic E-state index is 13.4. The molecule has 0 aliphatic carbocycles. The molecular formula is C12H9F4N3O. The molecule has 0 saturated heterocycles. The molecule has 8 heteroatoms. The van der Waals surface area contributed by atoms with Gasteiger partial charge in [0.15, 0.2) is 0 Å². The Morgan fingerprint density at radius 1 is 1.25 bits per heavy atom. The molecule has 1 aromatic carbocycles. The maximum Gasteiger partial charge on any atom is 0.416 e. The zero-order valence-corrected chi connectivity index (χ0v) is 10.2. The van der Waals surface area contributed by atoms with Gasteiger partial charge in [-0.2, -0.15) is 22.5 Å². The second-order valence-electron chi connectivity index (χ2n) is 3.72. The first kappa shape index (κ1) is 14.0. The van der Waals surface area contributed by atoms with E-state index in [2.05, 4.69) is 15.3 Å². The number of nitrogens with one attached hydrogen (secondary N) is 1. The fourth-order valence-corrected chi connectivity index (χ4v) is 1.39. The summed E-state index contributed by atoms with van der Waals surface area (Å²) in [4.78, 5) is 7.28. The van der Waals surface area contributed by atoms with Crippen LogP contribution in [0.15, 0.2) is 30.5 Å². The largest absolute Gasteiger partial charge is 0.436 e. The highest BCUT2D eigenvalue weighted by molar-refractivity contribution is 5.35. The van der Waals surface area contributed by atoms with Crippen molar-refractivity contribution in [1.82, 2.24) is 9.97 Å². The number of anilines is 1. The van der Waals surface area contributed by atoms with Crippen LogP contribution in [0.1, 0.15) is 5.56 Å². The SMILES string of the molecule is CNc1ncc(F)c(Oc2cccc(C(F)(F)F)c2)n1. The lowest BCUT2D eigenvalue weighted by Gasteiger charge is -2.10. The zero-order valence-electron chi connectivity index (χ0n) is 10.2. The van der Waals surface area contributed by atoms with Crippen molar-refractivity contribution in [1.29, 1.82) is 0 Å². The zero-order chi connectivity index (χ0) is 14.8. The average Bonchev–Trinajstić information content (AvgIpc) is 2.41. The van der Waals surface area contributed by atoms with E-state index in [1.54, 1.807) is 0 Å². The molecule has 1 aromatic heterocycles. The van der Waals surface area contributed by atoms with E-state index in [4.69, 9.17) is 4.74 Å². The van der Waals surface area contributed by atoms with E-state index in [9.17, 15) is 17.6 Å². The van der Waals surface area contributed by atoms with Crippen LogP contribution in [0.4, 0.5) is 23.5 Å². The molecule has 0 bridgehead atoms. The van der Waals surface area contributed by atoms with Crippen molar-refractivity contribution >= 4 is 5.95 Å². The Morgan fingerprint density at radius 2 is 2.00 bits per heavy atom. The Balaban J connectivity index is 2.30. The Morgan fingerprint density at radius 3 is 2.65 bits per heavy atom. The summed E-state index contributed by atoms with van der Waals surface area (Å²) in [5, 5.41) is 2.57. The quantitative estimate of drug-likeness (QED) is 0.878. The van der Waals surface area contributed by atoms with Crippen LogP contribution < -0.4 is 10.1 Å². The molecule has 0 fully saturated rings. The first-order valence-electron chi connectivity index (χ1n) is 5.45. The highest BCUT2D eigenvalue weighted by Gasteiger charge is 2.30. The van der Waals surface area contributed by atoms with Crippen molar-refractivity contribution in [2.45, 2.75) is 6.18 Å². The maximum atomic E-state index is 13.4. The minimum atomic E-state index is -4.50. The molecule has 0 radical (unpaired) electrons. The lowest BCUT2D eigenvalue weighted by Crippen LogP contribution is -2.05. The summed E-state index contributed by atoms with van der Waals surface area (Å²) in [7, 11) is 1.52. The third-order valence-corrected chi connectivity index (χ3v) is 2.31. The Kier molecular flexibility index (Phi) is 3.73. The van der Waals surface area contributed by atoms with E-state index in [-0.39, 0.29) is 11.7 Å². The highest BCUT2D eigenvalue weighted by atomic mass is 19.4. The Bertz CT molecular complexity index is 616. The fraction of sp³-hybridized carbons (Fsp3) is 0.167. The van der Waals surface area contributed by atoms with Crippen LogP contribution in [0.2, 0.25) is 0 Å². The van der Waals surface area contributed by atoms with Gasteiger partial charge in [-0.15, -0.1) is 0 Å². The van der Waals surface area contributed by atoms with Crippen molar-refractivity contribution in [2.24, 2.45) is 0 Å². The van der Waals surface area contributed by atoms with Gasteiger partial charge in [0.05, 0.1) is 11.8 Å². The van der Waals surface area contributed by atoms with Gasteiger partial charge >= 0.3 is 6.18 Å². The summed E-state index contributed by atoms with van der Waals surface area (Å²) in [6, 6.07) is 4.09. The van der Waals surface area contributed by atoms with Crippen molar-refractivity contribution in [3.05, 3.63) is 41.8 Å². The minimum absolute atomic E-state index is 0.0911. The number of hydrogen-bond acceptors (Lipinski definition) is 4. The number of alkyl halides is 3. The van der Waals surface area contributed by atoms with Gasteiger partial charge in [-0.3, -0.25) is 0 Å². The topological polar surface area (TPSA) is 47.0 Å². The number of rotatable bonds is 3. The molecule has 0 aliphatic heterocycles. The summed E-state index contributed by atoms with van der Waals surface area (Å²) >= 11 is 0. The lowest BCUT2D eigenvalue weighted by atomic mass is 10.2. The molecule has 4 nitrogen and oxygen atoms in total. The molecular weight excluding hydrogens is 278 g/mol. The molecule has 106 valence electrons. The molecule has 2 rings (SSSR count). The summed E-state index contributed by atoms with van der Waals surface area (Å²) in [5.74, 6) is -1.40. The monoisotopic (exact) mass is 287 g/mol. The normalized spacial score (nSPS) is 11.2. The first-order chi connectivity index (χ1) is 9.40. The molecule has 0 saturated carbocycles. The van der Waals surface area contributed by atoms with Gasteiger partial charge in [-0.1, -0.05) is 6.07 Å². The third-order valence-electron chi connectivity index (χ3n) is 2.31. The van der Waals surface area contributed by atoms with Gasteiger partial charge in [0.25, 0.3) is 5.88 Å². The number of ether oxygens (including phenoxy) is 1. The molecule has 1 heterocycles. The summed E-state index contributed by atoms with van der Waals surface area (Å²) in [6.07, 6.45) is -3.64. The average molecular weight is 287 g/mol. The Hall–Kier alpha value is -2.38. The molecule has 0 amide bonds. The molecule has 0 unspecified atom stereocenters. The highest BCUT2D eigenvalue weighted by Crippen LogP contribution is 2.32. The summed E-state index contributed by atoms with van der Waals surface area (Å²) in [5.41, 5.74) is -0.890. The predicted molar refractivity (Wildman–Crippen MR) is 63.1 cm³/mol. The first-order valence-corrected chi connectivity index (χ1v) is 5.45. The van der Waals surface area contributed by atoms with E-state index in [1.165, 1.54) is 13.1 Å². The van der Waals surface area contributed by atoms with E-state index < -0.39 is 23.4 Å². The predicted octanol–water partition coefficient (Wildman–Crippen LogP) is 3.47. The van der Waals surface area contributed by atoms with Crippen LogP contribution in [-0.4, -0.2) is 17.0 Å². The standard InChI is InChI=1S/C12H9F4N3O/c1-17-11-18-6-9(13)10(19-11)20-8-4-2-3-7(5-8)12(14,15)16/h2-6H,1H3,(H,17,18,19). The smallest absolute Gasteiger partial charge is 0.416 e. The van der Waals surface area contributed by atoms with E-state index in [0.717, 1.165) is 24.4 Å². The van der Waals surface area contributed by atoms with Crippen molar-refractivity contribution in [3.63, 3.8) is 0 Å². The molecule has 20 heavy (non-hydrogen) atoms. The molecule has 0 aliphatic rings. The van der Waals surface area contributed by atoms with Gasteiger partial charge in [-0.05, 0) is 18.2 Å². The van der Waals surface area contributed by atoms with Crippen molar-refractivity contribution in [2.75, 3.05) is 12.4 Å². The summed E-state index contributed by atoms with van der Waals surface area (Å²) in [6.45, 7) is 0. The van der Waals surface area contributed by atoms with Gasteiger partial charge in [0.2, 0.25) is 11.8 Å². The summed E-state index contributed by atoms with van der Waals surface area (Å²) < 4.78 is 56.1. The van der Waals surface area contributed by atoms with Crippen LogP contribution >= 0.6 is 0 Å². The van der Waals surface area contributed by atoms with Crippen LogP contribution in [-0.2, 0) is 6.18 Å². The molecule has 0 spiro atoms. The van der Waals surface area contributed by atoms with Gasteiger partial charge in [0, 0.05) is 7.05 Å². The Labute approximate surface area is 111 Å². The number of hydrogen-bond donors (Lipinski definition) is 1. The van der Waals surface area contributed by atoms with Crippen molar-refractivity contribution < 1.29 is 22.3 Å². The third kappa shape index (κ3) is 3.14. The van der Waals surface area contributed by atoms with E-state index in [1.807, 2.05) is 0 Å². The number of aromatic nitrogens is 2. The second kappa shape index (κ2) is 5.32. The molecule has 1 N–H and O–H groups in total. The second-order valence-corrected chi connectivity index (χ2v) is 3.72. The number of halogens is 4. The minimum Gasteiger partial charge on any atom is -0.436 e. The lowest BCUT2D eigenvalue weighted by molar-refractivity contribution is -0.137. The van der Waals surface area contributed by atoms with E-state index >= 15 is 0 Å². The number of benzene rings is 1. The van der Waals surface area contributed by atoms with Crippen LogP contribution in [0.25, 0.3) is 0 Å². The fourth-order valence-electron chi connectivity index (χ4n) is 1.39. The van der Waals surface area contributed by atoms with Gasteiger partial charge < -0.3 is 10.1 Å². The molecule has 2 aromatic rings. The van der Waals surface area contributed by atoms with Crippen LogP contribution in [0, 0.1) is 5.82 Å². The molecule has 0 atom stereocenters. The van der Waals surface area contributed by atoms with Gasteiger partial charge in [-0.25, -0.2) is 4.98 Å². The number of nitrogens with zero attached hydrogens (tertiary/aromatic N) is 2. The van der Waals surface area contributed by atoms with E-state index in [0.29, 0.717) is 0 Å².